The van der Waals surface area contributed by atoms with Crippen molar-refractivity contribution >= 4 is 27.3 Å². The number of benzene rings is 3. The average Bonchev–Trinajstić information content (AvgIpc) is 2.83. The van der Waals surface area contributed by atoms with Gasteiger partial charge in [0.2, 0.25) is 5.91 Å². The Kier molecular flexibility index (Phi) is 6.41. The Morgan fingerprint density at radius 1 is 1.03 bits per heavy atom. The van der Waals surface area contributed by atoms with Crippen molar-refractivity contribution in [2.45, 2.75) is 30.2 Å². The smallest absolute Gasteiger partial charge is 0.271 e. The van der Waals surface area contributed by atoms with E-state index in [1.807, 2.05) is 24.3 Å². The number of nitrogens with zero attached hydrogens (tertiary/aromatic N) is 2. The second-order valence-corrected chi connectivity index (χ2v) is 9.68. The van der Waals surface area contributed by atoms with Crippen molar-refractivity contribution in [3.8, 4) is 0 Å². The Hall–Kier alpha value is -3.72. The highest BCUT2D eigenvalue weighted by atomic mass is 32.2. The van der Waals surface area contributed by atoms with Crippen molar-refractivity contribution in [1.29, 1.82) is 0 Å². The third-order valence-corrected chi connectivity index (χ3v) is 7.44. The van der Waals surface area contributed by atoms with Crippen LogP contribution in [0.3, 0.4) is 0 Å². The van der Waals surface area contributed by atoms with Gasteiger partial charge in [0.1, 0.15) is 6.54 Å². The molecule has 1 aliphatic rings. The molecule has 0 saturated carbocycles. The molecule has 9 heteroatoms. The third-order valence-electron chi connectivity index (χ3n) is 5.65. The van der Waals surface area contributed by atoms with Gasteiger partial charge in [0.25, 0.3) is 15.7 Å². The highest BCUT2D eigenvalue weighted by molar-refractivity contribution is 7.92. The molecule has 170 valence electrons. The number of hydrogen-bond donors (Lipinski definition) is 1. The Bertz CT molecular complexity index is 1280. The van der Waals surface area contributed by atoms with Crippen molar-refractivity contribution in [3.05, 3.63) is 100 Å². The summed E-state index contributed by atoms with van der Waals surface area (Å²) in [7, 11) is -4.14. The lowest BCUT2D eigenvalue weighted by Gasteiger charge is -2.28. The van der Waals surface area contributed by atoms with Crippen LogP contribution in [0.2, 0.25) is 0 Å². The van der Waals surface area contributed by atoms with E-state index in [0.717, 1.165) is 35.2 Å². The summed E-state index contributed by atoms with van der Waals surface area (Å²) in [6.45, 7) is -0.503. The number of rotatable bonds is 7. The molecule has 3 aromatic carbocycles. The molecule has 1 N–H and O–H groups in total. The van der Waals surface area contributed by atoms with Crippen LogP contribution in [0.15, 0.2) is 83.8 Å². The van der Waals surface area contributed by atoms with Crippen LogP contribution >= 0.6 is 0 Å². The van der Waals surface area contributed by atoms with Gasteiger partial charge in [-0.2, -0.15) is 0 Å². The van der Waals surface area contributed by atoms with E-state index in [-0.39, 0.29) is 22.3 Å². The summed E-state index contributed by atoms with van der Waals surface area (Å²) < 4.78 is 27.7. The largest absolute Gasteiger partial charge is 0.348 e. The predicted octanol–water partition coefficient (Wildman–Crippen LogP) is 3.98. The number of fused-ring (bicyclic) bond motifs is 1. The number of hydrogen-bond acceptors (Lipinski definition) is 5. The van der Waals surface area contributed by atoms with Crippen LogP contribution in [0.1, 0.15) is 30.0 Å². The lowest BCUT2D eigenvalue weighted by molar-refractivity contribution is -0.384. The highest BCUT2D eigenvalue weighted by Crippen LogP contribution is 2.30. The topological polar surface area (TPSA) is 110 Å². The minimum atomic E-state index is -4.14. The van der Waals surface area contributed by atoms with Gasteiger partial charge in [-0.3, -0.25) is 19.2 Å². The van der Waals surface area contributed by atoms with Gasteiger partial charge >= 0.3 is 0 Å². The van der Waals surface area contributed by atoms with E-state index in [1.165, 1.54) is 35.9 Å². The van der Waals surface area contributed by atoms with Gasteiger partial charge in [0.05, 0.1) is 21.5 Å². The molecule has 0 aromatic heterocycles. The molecule has 3 aromatic rings. The summed E-state index contributed by atoms with van der Waals surface area (Å²) in [5.74, 6) is -0.484. The van der Waals surface area contributed by atoms with Gasteiger partial charge in [0, 0.05) is 12.1 Å². The van der Waals surface area contributed by atoms with Gasteiger partial charge in [-0.15, -0.1) is 0 Å². The molecule has 8 nitrogen and oxygen atoms in total. The molecule has 33 heavy (non-hydrogen) atoms. The van der Waals surface area contributed by atoms with E-state index in [9.17, 15) is 23.3 Å². The summed E-state index contributed by atoms with van der Waals surface area (Å²) in [6, 6.07) is 20.6. The number of nitro benzene ring substituents is 1. The summed E-state index contributed by atoms with van der Waals surface area (Å²) in [4.78, 5) is 23.7. The minimum absolute atomic E-state index is 0.00711. The van der Waals surface area contributed by atoms with Crippen LogP contribution in [0, 0.1) is 10.1 Å². The Balaban J connectivity index is 1.65. The van der Waals surface area contributed by atoms with E-state index in [2.05, 4.69) is 5.32 Å². The number of nitro groups is 1. The number of sulfonamides is 1. The van der Waals surface area contributed by atoms with E-state index in [0.29, 0.717) is 0 Å². The molecule has 0 spiro atoms. The summed E-state index contributed by atoms with van der Waals surface area (Å²) in [5.41, 5.74) is 1.99. The van der Waals surface area contributed by atoms with Crippen molar-refractivity contribution in [2.75, 3.05) is 10.8 Å². The first-order valence-corrected chi connectivity index (χ1v) is 12.0. The zero-order valence-corrected chi connectivity index (χ0v) is 18.6. The molecule has 0 bridgehead atoms. The number of non-ortho nitro benzene ring substituents is 1. The summed E-state index contributed by atoms with van der Waals surface area (Å²) >= 11 is 0. The Morgan fingerprint density at radius 3 is 2.52 bits per heavy atom. The van der Waals surface area contributed by atoms with Gasteiger partial charge in [-0.1, -0.05) is 48.5 Å². The minimum Gasteiger partial charge on any atom is -0.348 e. The van der Waals surface area contributed by atoms with Crippen molar-refractivity contribution in [1.82, 2.24) is 5.32 Å². The van der Waals surface area contributed by atoms with Gasteiger partial charge in [0.15, 0.2) is 0 Å². The standard InChI is InChI=1S/C24H23N3O5S/c28-24(25-23-15-6-9-18-8-4-5-14-22(18)23)17-26(19-10-7-11-20(16-19)27(29)30)33(31,32)21-12-2-1-3-13-21/h1-5,7-8,10-14,16,23H,6,9,15,17H2,(H,25,28). The zero-order valence-electron chi connectivity index (χ0n) is 17.8. The number of carbonyl (C=O) groups is 1. The molecule has 4 rings (SSSR count). The summed E-state index contributed by atoms with van der Waals surface area (Å²) in [6.07, 6.45) is 2.61. The average molecular weight is 466 g/mol. The fourth-order valence-electron chi connectivity index (χ4n) is 4.07. The molecule has 0 heterocycles. The molecule has 1 atom stereocenters. The molecule has 0 aliphatic heterocycles. The Morgan fingerprint density at radius 2 is 1.76 bits per heavy atom. The zero-order chi connectivity index (χ0) is 23.4. The lowest BCUT2D eigenvalue weighted by atomic mass is 9.88. The number of aryl methyl sites for hydroxylation is 1. The third kappa shape index (κ3) is 4.88. The van der Waals surface area contributed by atoms with Crippen LogP contribution < -0.4 is 9.62 Å². The number of carbonyl (C=O) groups excluding carboxylic acids is 1. The fraction of sp³-hybridized carbons (Fsp3) is 0.208. The quantitative estimate of drug-likeness (QED) is 0.419. The van der Waals surface area contributed by atoms with Gasteiger partial charge < -0.3 is 5.32 Å². The summed E-state index contributed by atoms with van der Waals surface area (Å²) in [5, 5.41) is 14.2. The maximum atomic E-state index is 13.4. The van der Waals surface area contributed by atoms with Crippen LogP contribution in [0.5, 0.6) is 0 Å². The number of nitrogens with one attached hydrogen (secondary N) is 1. The SMILES string of the molecule is O=C(CN(c1cccc([N+](=O)[O-])c1)S(=O)(=O)c1ccccc1)NC1CCCc2ccccc21. The van der Waals surface area contributed by atoms with Crippen molar-refractivity contribution in [3.63, 3.8) is 0 Å². The van der Waals surface area contributed by atoms with Crippen LogP contribution in [-0.4, -0.2) is 25.8 Å². The van der Waals surface area contributed by atoms with E-state index < -0.39 is 27.4 Å². The number of amides is 1. The molecule has 0 saturated heterocycles. The first kappa shape index (κ1) is 22.5. The first-order valence-electron chi connectivity index (χ1n) is 10.6. The molecular weight excluding hydrogens is 442 g/mol. The van der Waals surface area contributed by atoms with Crippen molar-refractivity contribution < 1.29 is 18.1 Å². The van der Waals surface area contributed by atoms with E-state index in [4.69, 9.17) is 0 Å². The van der Waals surface area contributed by atoms with Gasteiger partial charge in [-0.25, -0.2) is 8.42 Å². The normalized spacial score (nSPS) is 15.3. The van der Waals surface area contributed by atoms with Crippen LogP contribution in [0.4, 0.5) is 11.4 Å². The first-order chi connectivity index (χ1) is 15.9. The fourth-order valence-corrected chi connectivity index (χ4v) is 5.50. The molecule has 1 amide bonds. The van der Waals surface area contributed by atoms with Crippen LogP contribution in [-0.2, 0) is 21.2 Å². The Labute approximate surface area is 192 Å². The predicted molar refractivity (Wildman–Crippen MR) is 124 cm³/mol. The molecule has 0 radical (unpaired) electrons. The maximum absolute atomic E-state index is 13.4. The van der Waals surface area contributed by atoms with Crippen molar-refractivity contribution in [2.24, 2.45) is 0 Å². The lowest BCUT2D eigenvalue weighted by Crippen LogP contribution is -2.42. The second-order valence-electron chi connectivity index (χ2n) is 7.81. The van der Waals surface area contributed by atoms with E-state index in [1.54, 1.807) is 18.2 Å². The number of anilines is 1. The molecule has 1 aliphatic carbocycles. The van der Waals surface area contributed by atoms with Gasteiger partial charge in [-0.05, 0) is 48.6 Å². The van der Waals surface area contributed by atoms with E-state index >= 15 is 0 Å². The van der Waals surface area contributed by atoms with Crippen LogP contribution in [0.25, 0.3) is 0 Å². The molecule has 1 unspecified atom stereocenters. The monoisotopic (exact) mass is 465 g/mol. The molecule has 0 fully saturated rings. The second kappa shape index (κ2) is 9.41. The highest BCUT2D eigenvalue weighted by Gasteiger charge is 2.29. The molecular formula is C24H23N3O5S. The maximum Gasteiger partial charge on any atom is 0.271 e.